The lowest BCUT2D eigenvalue weighted by molar-refractivity contribution is 0.461. The molecule has 0 aliphatic rings. The molecule has 2 rings (SSSR count). The third-order valence-corrected chi connectivity index (χ3v) is 3.06. The van der Waals surface area contributed by atoms with Crippen molar-refractivity contribution in [3.05, 3.63) is 52.7 Å². The third kappa shape index (κ3) is 3.94. The summed E-state index contributed by atoms with van der Waals surface area (Å²) < 4.78 is 5.71. The van der Waals surface area contributed by atoms with Crippen LogP contribution in [0.3, 0.4) is 0 Å². The Balaban J connectivity index is 2.14. The lowest BCUT2D eigenvalue weighted by atomic mass is 10.2. The van der Waals surface area contributed by atoms with Crippen LogP contribution in [0.4, 0.5) is 0 Å². The van der Waals surface area contributed by atoms with Crippen molar-refractivity contribution in [3.63, 3.8) is 0 Å². The standard InChI is InChI=1S/C15H17ClN2O/c1-3-17-9-12-8-15(18-10-14(12)16)19-13-6-4-11(2)5-7-13/h4-8,10,17H,3,9H2,1-2H3. The Kier molecular flexibility index (Phi) is 4.77. The summed E-state index contributed by atoms with van der Waals surface area (Å²) in [5.41, 5.74) is 2.19. The van der Waals surface area contributed by atoms with Gasteiger partial charge in [-0.25, -0.2) is 4.98 Å². The van der Waals surface area contributed by atoms with Crippen molar-refractivity contribution in [3.8, 4) is 11.6 Å². The fourth-order valence-electron chi connectivity index (χ4n) is 1.64. The van der Waals surface area contributed by atoms with Gasteiger partial charge in [0.1, 0.15) is 5.75 Å². The molecule has 1 aromatic carbocycles. The van der Waals surface area contributed by atoms with Crippen LogP contribution in [0.25, 0.3) is 0 Å². The van der Waals surface area contributed by atoms with Gasteiger partial charge >= 0.3 is 0 Å². The molecule has 0 aliphatic carbocycles. The summed E-state index contributed by atoms with van der Waals surface area (Å²) in [4.78, 5) is 4.18. The van der Waals surface area contributed by atoms with Crippen molar-refractivity contribution in [2.24, 2.45) is 0 Å². The van der Waals surface area contributed by atoms with Crippen LogP contribution in [-0.4, -0.2) is 11.5 Å². The lowest BCUT2D eigenvalue weighted by Crippen LogP contribution is -2.12. The molecule has 1 heterocycles. The maximum absolute atomic E-state index is 6.10. The minimum atomic E-state index is 0.557. The first kappa shape index (κ1) is 13.8. The zero-order chi connectivity index (χ0) is 13.7. The average molecular weight is 277 g/mol. The summed E-state index contributed by atoms with van der Waals surface area (Å²) in [5.74, 6) is 1.33. The highest BCUT2D eigenvalue weighted by Gasteiger charge is 2.05. The molecule has 4 heteroatoms. The summed E-state index contributed by atoms with van der Waals surface area (Å²) in [7, 11) is 0. The van der Waals surface area contributed by atoms with Crippen LogP contribution < -0.4 is 10.1 Å². The summed E-state index contributed by atoms with van der Waals surface area (Å²) >= 11 is 6.10. The van der Waals surface area contributed by atoms with Crippen molar-refractivity contribution >= 4 is 11.6 Å². The van der Waals surface area contributed by atoms with E-state index in [0.717, 1.165) is 17.9 Å². The number of rotatable bonds is 5. The number of hydrogen-bond donors (Lipinski definition) is 1. The summed E-state index contributed by atoms with van der Waals surface area (Å²) in [6, 6.07) is 9.73. The van der Waals surface area contributed by atoms with Gasteiger partial charge in [0, 0.05) is 18.8 Å². The molecule has 0 amide bonds. The molecule has 3 nitrogen and oxygen atoms in total. The maximum Gasteiger partial charge on any atom is 0.219 e. The third-order valence-electron chi connectivity index (χ3n) is 2.72. The minimum absolute atomic E-state index is 0.557. The second kappa shape index (κ2) is 6.55. The van der Waals surface area contributed by atoms with Crippen LogP contribution in [0.1, 0.15) is 18.1 Å². The molecule has 1 aromatic heterocycles. The van der Waals surface area contributed by atoms with E-state index in [-0.39, 0.29) is 0 Å². The van der Waals surface area contributed by atoms with Crippen LogP contribution in [0.2, 0.25) is 5.02 Å². The zero-order valence-electron chi connectivity index (χ0n) is 11.1. The molecular weight excluding hydrogens is 260 g/mol. The van der Waals surface area contributed by atoms with Crippen LogP contribution in [0.5, 0.6) is 11.6 Å². The Labute approximate surface area is 118 Å². The van der Waals surface area contributed by atoms with Gasteiger partial charge in [-0.3, -0.25) is 0 Å². The van der Waals surface area contributed by atoms with Gasteiger partial charge in [0.15, 0.2) is 0 Å². The van der Waals surface area contributed by atoms with E-state index < -0.39 is 0 Å². The quantitative estimate of drug-likeness (QED) is 0.898. The Morgan fingerprint density at radius 2 is 2.00 bits per heavy atom. The van der Waals surface area contributed by atoms with Gasteiger partial charge in [-0.15, -0.1) is 0 Å². The summed E-state index contributed by atoms with van der Waals surface area (Å²) in [5, 5.41) is 3.89. The Morgan fingerprint density at radius 1 is 1.26 bits per heavy atom. The molecule has 100 valence electrons. The van der Waals surface area contributed by atoms with Crippen LogP contribution in [0.15, 0.2) is 36.5 Å². The van der Waals surface area contributed by atoms with Crippen LogP contribution in [-0.2, 0) is 6.54 Å². The van der Waals surface area contributed by atoms with E-state index in [1.54, 1.807) is 6.20 Å². The highest BCUT2D eigenvalue weighted by molar-refractivity contribution is 6.31. The Bertz CT molecular complexity index is 540. The van der Waals surface area contributed by atoms with Crippen LogP contribution >= 0.6 is 11.6 Å². The van der Waals surface area contributed by atoms with Gasteiger partial charge < -0.3 is 10.1 Å². The van der Waals surface area contributed by atoms with Gasteiger partial charge in [0.05, 0.1) is 5.02 Å². The molecule has 19 heavy (non-hydrogen) atoms. The Morgan fingerprint density at radius 3 is 2.68 bits per heavy atom. The summed E-state index contributed by atoms with van der Waals surface area (Å²) in [6.45, 7) is 5.70. The number of hydrogen-bond acceptors (Lipinski definition) is 3. The highest BCUT2D eigenvalue weighted by atomic mass is 35.5. The molecule has 0 unspecified atom stereocenters. The first-order valence-corrected chi connectivity index (χ1v) is 6.66. The molecule has 0 saturated heterocycles. The highest BCUT2D eigenvalue weighted by Crippen LogP contribution is 2.24. The molecule has 0 saturated carbocycles. The molecule has 0 radical (unpaired) electrons. The fourth-order valence-corrected chi connectivity index (χ4v) is 1.81. The number of aryl methyl sites for hydroxylation is 1. The fraction of sp³-hybridized carbons (Fsp3) is 0.267. The van der Waals surface area contributed by atoms with Crippen molar-refractivity contribution in [2.75, 3.05) is 6.54 Å². The number of nitrogens with zero attached hydrogens (tertiary/aromatic N) is 1. The molecule has 1 N–H and O–H groups in total. The molecule has 0 fully saturated rings. The van der Waals surface area contributed by atoms with E-state index in [0.29, 0.717) is 17.4 Å². The van der Waals surface area contributed by atoms with Gasteiger partial charge in [-0.05, 0) is 31.2 Å². The van der Waals surface area contributed by atoms with Gasteiger partial charge in [0.2, 0.25) is 5.88 Å². The van der Waals surface area contributed by atoms with Crippen molar-refractivity contribution < 1.29 is 4.74 Å². The predicted octanol–water partition coefficient (Wildman–Crippen LogP) is 3.95. The monoisotopic (exact) mass is 276 g/mol. The van der Waals surface area contributed by atoms with E-state index in [1.807, 2.05) is 37.3 Å². The first-order chi connectivity index (χ1) is 9.19. The predicted molar refractivity (Wildman–Crippen MR) is 77.9 cm³/mol. The average Bonchev–Trinajstić information content (AvgIpc) is 2.42. The molecule has 0 atom stereocenters. The van der Waals surface area contributed by atoms with Crippen molar-refractivity contribution in [2.45, 2.75) is 20.4 Å². The SMILES string of the molecule is CCNCc1cc(Oc2ccc(C)cc2)ncc1Cl. The van der Waals surface area contributed by atoms with E-state index >= 15 is 0 Å². The second-order valence-corrected chi connectivity index (χ2v) is 4.72. The topological polar surface area (TPSA) is 34.1 Å². The number of benzene rings is 1. The van der Waals surface area contributed by atoms with Gasteiger partial charge in [-0.2, -0.15) is 0 Å². The van der Waals surface area contributed by atoms with Gasteiger partial charge in [-0.1, -0.05) is 36.2 Å². The lowest BCUT2D eigenvalue weighted by Gasteiger charge is -2.09. The Hall–Kier alpha value is -1.58. The number of nitrogens with one attached hydrogen (secondary N) is 1. The number of pyridine rings is 1. The smallest absolute Gasteiger partial charge is 0.219 e. The zero-order valence-corrected chi connectivity index (χ0v) is 11.9. The maximum atomic E-state index is 6.10. The van der Waals surface area contributed by atoms with E-state index in [4.69, 9.17) is 16.3 Å². The van der Waals surface area contributed by atoms with Gasteiger partial charge in [0.25, 0.3) is 0 Å². The summed E-state index contributed by atoms with van der Waals surface area (Å²) in [6.07, 6.45) is 1.62. The molecule has 0 bridgehead atoms. The van der Waals surface area contributed by atoms with E-state index in [1.165, 1.54) is 5.56 Å². The molecule has 0 aliphatic heterocycles. The second-order valence-electron chi connectivity index (χ2n) is 4.31. The molecule has 2 aromatic rings. The first-order valence-electron chi connectivity index (χ1n) is 6.28. The number of aromatic nitrogens is 1. The van der Waals surface area contributed by atoms with Crippen LogP contribution in [0, 0.1) is 6.92 Å². The largest absolute Gasteiger partial charge is 0.439 e. The normalized spacial score (nSPS) is 10.5. The van der Waals surface area contributed by atoms with Crippen molar-refractivity contribution in [1.29, 1.82) is 0 Å². The number of halogens is 1. The molecular formula is C15H17ClN2O. The molecule has 0 spiro atoms. The van der Waals surface area contributed by atoms with E-state index in [9.17, 15) is 0 Å². The van der Waals surface area contributed by atoms with Crippen molar-refractivity contribution in [1.82, 2.24) is 10.3 Å². The number of ether oxygens (including phenoxy) is 1. The van der Waals surface area contributed by atoms with E-state index in [2.05, 4.69) is 17.2 Å². The minimum Gasteiger partial charge on any atom is -0.439 e.